The lowest BCUT2D eigenvalue weighted by Gasteiger charge is -1.95. The maximum Gasteiger partial charge on any atom is 0.404 e. The third kappa shape index (κ3) is 8.13. The smallest absolute Gasteiger partial charge is 0.404 e. The van der Waals surface area contributed by atoms with E-state index in [1.807, 2.05) is 12.1 Å². The SMILES string of the molecule is Cc1ccc(-c2cnco2)cc1.O=C(O)NCC1CC1.OC1CCNC1. The van der Waals surface area contributed by atoms with Gasteiger partial charge < -0.3 is 25.3 Å². The highest BCUT2D eigenvalue weighted by molar-refractivity contribution is 5.64. The number of oxazole rings is 1. The van der Waals surface area contributed by atoms with Crippen molar-refractivity contribution in [1.82, 2.24) is 15.6 Å². The minimum Gasteiger partial charge on any atom is -0.465 e. The highest BCUT2D eigenvalue weighted by atomic mass is 16.4. The lowest BCUT2D eigenvalue weighted by Crippen LogP contribution is -2.22. The van der Waals surface area contributed by atoms with E-state index in [1.165, 1.54) is 24.8 Å². The monoisotopic (exact) mass is 361 g/mol. The van der Waals surface area contributed by atoms with E-state index in [-0.39, 0.29) is 6.10 Å². The Hall–Kier alpha value is -2.38. The van der Waals surface area contributed by atoms with E-state index in [0.29, 0.717) is 12.5 Å². The number of carboxylic acid groups (broad SMARTS) is 1. The molecule has 1 aromatic heterocycles. The molecule has 1 amide bonds. The molecular formula is C19H27N3O4. The predicted octanol–water partition coefficient (Wildman–Crippen LogP) is 2.65. The number of benzene rings is 1. The first-order chi connectivity index (χ1) is 12.5. The Kier molecular flexibility index (Phi) is 8.11. The van der Waals surface area contributed by atoms with Crippen LogP contribution in [0.5, 0.6) is 0 Å². The third-order valence-electron chi connectivity index (χ3n) is 4.04. The van der Waals surface area contributed by atoms with Crippen LogP contribution >= 0.6 is 0 Å². The van der Waals surface area contributed by atoms with E-state index in [2.05, 4.69) is 34.7 Å². The van der Waals surface area contributed by atoms with Crippen molar-refractivity contribution in [1.29, 1.82) is 0 Å². The molecule has 26 heavy (non-hydrogen) atoms. The van der Waals surface area contributed by atoms with Crippen LogP contribution in [-0.4, -0.2) is 47.0 Å². The summed E-state index contributed by atoms with van der Waals surface area (Å²) in [6.07, 6.45) is 5.50. The second-order valence-electron chi connectivity index (χ2n) is 6.51. The minimum atomic E-state index is -0.906. The molecule has 1 saturated heterocycles. The first-order valence-corrected chi connectivity index (χ1v) is 8.85. The van der Waals surface area contributed by atoms with Gasteiger partial charge in [0, 0.05) is 18.7 Å². The summed E-state index contributed by atoms with van der Waals surface area (Å²) < 4.78 is 5.15. The van der Waals surface area contributed by atoms with Gasteiger partial charge >= 0.3 is 6.09 Å². The summed E-state index contributed by atoms with van der Waals surface area (Å²) in [6, 6.07) is 8.15. The Morgan fingerprint density at radius 2 is 2.04 bits per heavy atom. The molecule has 1 saturated carbocycles. The average Bonchev–Trinajstić information content (AvgIpc) is 3.07. The maximum absolute atomic E-state index is 9.82. The third-order valence-corrected chi connectivity index (χ3v) is 4.04. The van der Waals surface area contributed by atoms with Gasteiger partial charge in [-0.3, -0.25) is 0 Å². The molecule has 0 radical (unpaired) electrons. The van der Waals surface area contributed by atoms with E-state index < -0.39 is 6.09 Å². The first-order valence-electron chi connectivity index (χ1n) is 8.85. The highest BCUT2D eigenvalue weighted by Crippen LogP contribution is 2.27. The van der Waals surface area contributed by atoms with Gasteiger partial charge in [-0.25, -0.2) is 9.78 Å². The quantitative estimate of drug-likeness (QED) is 0.669. The standard InChI is InChI=1S/C10H9NO.C5H9NO2.C4H9NO/c1-8-2-4-9(5-3-8)10-6-11-7-12-10;7-5(8)6-3-4-1-2-4;6-4-1-2-5-3-4/h2-7H,1H3;4,6H,1-3H2,(H,7,8);4-6H,1-3H2. The van der Waals surface area contributed by atoms with E-state index in [9.17, 15) is 4.79 Å². The van der Waals surface area contributed by atoms with Crippen LogP contribution in [0.1, 0.15) is 24.8 Å². The van der Waals surface area contributed by atoms with Crippen LogP contribution in [0, 0.1) is 12.8 Å². The van der Waals surface area contributed by atoms with Crippen molar-refractivity contribution in [2.75, 3.05) is 19.6 Å². The fourth-order valence-electron chi connectivity index (χ4n) is 2.27. The second-order valence-corrected chi connectivity index (χ2v) is 6.51. The molecule has 2 aliphatic rings. The largest absolute Gasteiger partial charge is 0.465 e. The van der Waals surface area contributed by atoms with Crippen molar-refractivity contribution in [3.63, 3.8) is 0 Å². The lowest BCUT2D eigenvalue weighted by molar-refractivity contribution is 0.194. The summed E-state index contributed by atoms with van der Waals surface area (Å²) in [4.78, 5) is 13.7. The van der Waals surface area contributed by atoms with Gasteiger partial charge in [-0.2, -0.15) is 0 Å². The summed E-state index contributed by atoms with van der Waals surface area (Å²) in [5.41, 5.74) is 2.32. The number of hydrogen-bond acceptors (Lipinski definition) is 5. The summed E-state index contributed by atoms with van der Waals surface area (Å²) in [7, 11) is 0. The van der Waals surface area contributed by atoms with Gasteiger partial charge in [0.2, 0.25) is 0 Å². The molecule has 1 atom stereocenters. The molecule has 142 valence electrons. The molecule has 4 N–H and O–H groups in total. The number of β-amino-alcohol motifs (C(OH)–C–C–N with tert-alkyl or cyclic N) is 1. The molecule has 0 spiro atoms. The zero-order valence-corrected chi connectivity index (χ0v) is 15.0. The van der Waals surface area contributed by atoms with Crippen LogP contribution < -0.4 is 10.6 Å². The Labute approximate surface area is 153 Å². The molecular weight excluding hydrogens is 334 g/mol. The van der Waals surface area contributed by atoms with E-state index in [1.54, 1.807) is 6.20 Å². The number of aryl methyl sites for hydroxylation is 1. The normalized spacial score (nSPS) is 18.2. The van der Waals surface area contributed by atoms with Gasteiger partial charge in [-0.05, 0) is 38.6 Å². The van der Waals surface area contributed by atoms with Gasteiger partial charge in [0.1, 0.15) is 0 Å². The van der Waals surface area contributed by atoms with E-state index in [4.69, 9.17) is 14.6 Å². The molecule has 0 bridgehead atoms. The van der Waals surface area contributed by atoms with E-state index >= 15 is 0 Å². The van der Waals surface area contributed by atoms with Crippen molar-refractivity contribution in [2.45, 2.75) is 32.3 Å². The number of rotatable bonds is 3. The first kappa shape index (κ1) is 19.9. The Morgan fingerprint density at radius 3 is 2.46 bits per heavy atom. The van der Waals surface area contributed by atoms with Gasteiger partial charge in [-0.15, -0.1) is 0 Å². The Balaban J connectivity index is 0.000000151. The molecule has 1 aliphatic carbocycles. The molecule has 2 aromatic rings. The van der Waals surface area contributed by atoms with Crippen molar-refractivity contribution < 1.29 is 19.4 Å². The molecule has 2 fully saturated rings. The highest BCUT2D eigenvalue weighted by Gasteiger charge is 2.21. The van der Waals surface area contributed by atoms with Gasteiger partial charge in [0.15, 0.2) is 12.2 Å². The number of nitrogens with one attached hydrogen (secondary N) is 2. The number of carbonyl (C=O) groups is 1. The fourth-order valence-corrected chi connectivity index (χ4v) is 2.27. The van der Waals surface area contributed by atoms with Crippen molar-refractivity contribution in [3.05, 3.63) is 42.4 Å². The van der Waals surface area contributed by atoms with Crippen LogP contribution in [0.25, 0.3) is 11.3 Å². The van der Waals surface area contributed by atoms with Crippen LogP contribution in [0.15, 0.2) is 41.3 Å². The topological polar surface area (TPSA) is 108 Å². The Morgan fingerprint density at radius 1 is 1.31 bits per heavy atom. The average molecular weight is 361 g/mol. The zero-order valence-electron chi connectivity index (χ0n) is 15.0. The van der Waals surface area contributed by atoms with Crippen molar-refractivity contribution >= 4 is 6.09 Å². The number of hydrogen-bond donors (Lipinski definition) is 4. The lowest BCUT2D eigenvalue weighted by atomic mass is 10.1. The summed E-state index contributed by atoms with van der Waals surface area (Å²) in [5, 5.41) is 22.1. The molecule has 1 unspecified atom stereocenters. The minimum absolute atomic E-state index is 0.0648. The number of aliphatic hydroxyl groups excluding tert-OH is 1. The molecule has 1 aliphatic heterocycles. The zero-order chi connectivity index (χ0) is 18.8. The van der Waals surface area contributed by atoms with Crippen molar-refractivity contribution in [3.8, 4) is 11.3 Å². The predicted molar refractivity (Wildman–Crippen MR) is 98.9 cm³/mol. The summed E-state index contributed by atoms with van der Waals surface area (Å²) in [5.74, 6) is 1.46. The number of amides is 1. The number of aliphatic hydroxyl groups is 1. The molecule has 1 aromatic carbocycles. The second kappa shape index (κ2) is 10.6. The van der Waals surface area contributed by atoms with Crippen LogP contribution in [0.2, 0.25) is 0 Å². The van der Waals surface area contributed by atoms with Crippen molar-refractivity contribution in [2.24, 2.45) is 5.92 Å². The van der Waals surface area contributed by atoms with Crippen LogP contribution in [-0.2, 0) is 0 Å². The van der Waals surface area contributed by atoms with Crippen LogP contribution in [0.3, 0.4) is 0 Å². The summed E-state index contributed by atoms with van der Waals surface area (Å²) in [6.45, 7) is 4.49. The van der Waals surface area contributed by atoms with Crippen LogP contribution in [0.4, 0.5) is 4.79 Å². The molecule has 2 heterocycles. The maximum atomic E-state index is 9.82. The van der Waals surface area contributed by atoms with Gasteiger partial charge in [0.05, 0.1) is 12.3 Å². The fraction of sp³-hybridized carbons (Fsp3) is 0.474. The molecule has 7 heteroatoms. The number of nitrogens with zero attached hydrogens (tertiary/aromatic N) is 1. The van der Waals surface area contributed by atoms with E-state index in [0.717, 1.165) is 30.8 Å². The number of aromatic nitrogens is 1. The molecule has 7 nitrogen and oxygen atoms in total. The molecule has 4 rings (SSSR count). The Bertz CT molecular complexity index is 633. The summed E-state index contributed by atoms with van der Waals surface area (Å²) >= 11 is 0. The van der Waals surface area contributed by atoms with Gasteiger partial charge in [0.25, 0.3) is 0 Å². The van der Waals surface area contributed by atoms with Gasteiger partial charge in [-0.1, -0.05) is 29.8 Å².